The van der Waals surface area contributed by atoms with E-state index in [0.29, 0.717) is 31.6 Å². The van der Waals surface area contributed by atoms with Gasteiger partial charge >= 0.3 is 0 Å². The van der Waals surface area contributed by atoms with Crippen LogP contribution in [0.5, 0.6) is 0 Å². The molecule has 12 heteroatoms. The van der Waals surface area contributed by atoms with Crippen LogP contribution in [0.2, 0.25) is 0 Å². The summed E-state index contributed by atoms with van der Waals surface area (Å²) in [7, 11) is 1.43. The normalized spacial score (nSPS) is 18.3. The number of aliphatic hydroxyl groups excluding tert-OH is 1. The number of piperidine rings is 1. The van der Waals surface area contributed by atoms with E-state index in [2.05, 4.69) is 20.4 Å². The molecule has 2 aromatic rings. The minimum Gasteiger partial charge on any atom is -0.483 e. The Balaban J connectivity index is 0.00000107. The zero-order chi connectivity index (χ0) is 23.0. The lowest BCUT2D eigenvalue weighted by Gasteiger charge is -2.36. The molecule has 3 rings (SSSR count). The van der Waals surface area contributed by atoms with Crippen molar-refractivity contribution in [1.29, 1.82) is 0 Å². The molecule has 1 aliphatic rings. The molecule has 0 bridgehead atoms. The fraction of sp³-hybridized carbons (Fsp3) is 0.579. The number of hydrogen-bond acceptors (Lipinski definition) is 8. The van der Waals surface area contributed by atoms with Gasteiger partial charge in [-0.3, -0.25) is 14.4 Å². The Morgan fingerprint density at radius 3 is 2.77 bits per heavy atom. The molecule has 1 aliphatic heterocycles. The summed E-state index contributed by atoms with van der Waals surface area (Å²) in [5.74, 6) is 0.222. The Morgan fingerprint density at radius 1 is 1.39 bits per heavy atom. The van der Waals surface area contributed by atoms with Crippen molar-refractivity contribution < 1.29 is 29.3 Å². The van der Waals surface area contributed by atoms with E-state index in [9.17, 15) is 14.7 Å². The summed E-state index contributed by atoms with van der Waals surface area (Å²) in [6, 6.07) is -0.489. The van der Waals surface area contributed by atoms with E-state index in [1.807, 2.05) is 13.8 Å². The number of hydrogen-bond donors (Lipinski definition) is 3. The van der Waals surface area contributed by atoms with E-state index in [1.165, 1.54) is 13.4 Å². The van der Waals surface area contributed by atoms with E-state index in [1.54, 1.807) is 9.42 Å². The summed E-state index contributed by atoms with van der Waals surface area (Å²) in [4.78, 5) is 43.0. The molecule has 2 amide bonds. The molecule has 0 spiro atoms. The molecule has 0 aromatic carbocycles. The van der Waals surface area contributed by atoms with Crippen LogP contribution in [0.3, 0.4) is 0 Å². The third-order valence-corrected chi connectivity index (χ3v) is 5.13. The molecular weight excluding hydrogens is 408 g/mol. The number of aliphatic hydroxyl groups is 1. The van der Waals surface area contributed by atoms with Crippen molar-refractivity contribution in [2.24, 2.45) is 0 Å². The van der Waals surface area contributed by atoms with Gasteiger partial charge in [-0.2, -0.15) is 10.1 Å². The number of nitrogens with one attached hydrogen (secondary N) is 1. The summed E-state index contributed by atoms with van der Waals surface area (Å²) in [5.41, 5.74) is 2.74. The molecule has 0 aliphatic carbocycles. The number of amides is 2. The average Bonchev–Trinajstić information content (AvgIpc) is 3.18. The number of nitrogens with zero attached hydrogens (tertiary/aromatic N) is 5. The largest absolute Gasteiger partial charge is 0.483 e. The van der Waals surface area contributed by atoms with Crippen molar-refractivity contribution in [3.63, 3.8) is 0 Å². The second kappa shape index (κ2) is 11.3. The molecule has 31 heavy (non-hydrogen) atoms. The minimum atomic E-state index is -0.673. The van der Waals surface area contributed by atoms with Gasteiger partial charge in [-0.15, -0.1) is 0 Å². The fourth-order valence-corrected chi connectivity index (χ4v) is 3.59. The monoisotopic (exact) mass is 436 g/mol. The zero-order valence-corrected chi connectivity index (χ0v) is 17.8. The highest BCUT2D eigenvalue weighted by Gasteiger charge is 2.31. The third-order valence-electron chi connectivity index (χ3n) is 5.13. The molecule has 170 valence electrons. The maximum atomic E-state index is 12.7. The number of fused-ring (bicyclic) bond motifs is 1. The first-order valence-electron chi connectivity index (χ1n) is 9.80. The average molecular weight is 436 g/mol. The van der Waals surface area contributed by atoms with E-state index >= 15 is 0 Å². The number of carbonyl (C=O) groups excluding carboxylic acids is 2. The first kappa shape index (κ1) is 24.2. The Hall–Kier alpha value is -3.12. The third kappa shape index (κ3) is 6.18. The van der Waals surface area contributed by atoms with Gasteiger partial charge in [-0.25, -0.2) is 9.50 Å². The van der Waals surface area contributed by atoms with Crippen molar-refractivity contribution in [3.05, 3.63) is 23.3 Å². The Kier molecular flexibility index (Phi) is 8.82. The number of likely N-dealkylation sites (tertiary alicyclic amines) is 1. The molecule has 0 radical (unpaired) electrons. The van der Waals surface area contributed by atoms with Gasteiger partial charge in [-0.05, 0) is 32.3 Å². The smallest absolute Gasteiger partial charge is 0.290 e. The van der Waals surface area contributed by atoms with E-state index in [-0.39, 0.29) is 31.4 Å². The number of methoxy groups -OCH3 is 1. The second-order valence-electron chi connectivity index (χ2n) is 7.14. The standard InChI is InChI=1S/C18H26N6O4.CH2O2/c1-11-13(12(2)24-18(21-11)19-10-20-24)4-5-17(27)23-7-6-15(25)14(8-23)22-16(26)9-28-3;2-1-3/h10,14-15,25H,4-9H2,1-3H3,(H,22,26);1H,(H,2,3)/t14-,15+;/m1./s1. The molecule has 3 heterocycles. The zero-order valence-electron chi connectivity index (χ0n) is 17.8. The van der Waals surface area contributed by atoms with Crippen molar-refractivity contribution in [2.45, 2.75) is 45.3 Å². The van der Waals surface area contributed by atoms with Gasteiger partial charge in [0.2, 0.25) is 11.8 Å². The van der Waals surface area contributed by atoms with Gasteiger partial charge < -0.3 is 25.2 Å². The summed E-state index contributed by atoms with van der Waals surface area (Å²) in [6.45, 7) is 4.27. The maximum absolute atomic E-state index is 12.7. The lowest BCUT2D eigenvalue weighted by molar-refractivity contribution is -0.136. The molecule has 2 aromatic heterocycles. The highest BCUT2D eigenvalue weighted by atomic mass is 16.5. The number of rotatable bonds is 6. The predicted molar refractivity (Wildman–Crippen MR) is 108 cm³/mol. The van der Waals surface area contributed by atoms with Crippen LogP contribution in [-0.2, 0) is 25.5 Å². The van der Waals surface area contributed by atoms with Crippen LogP contribution in [-0.4, -0.2) is 91.9 Å². The quantitative estimate of drug-likeness (QED) is 0.488. The van der Waals surface area contributed by atoms with Crippen molar-refractivity contribution in [2.75, 3.05) is 26.8 Å². The number of ether oxygens (including phenoxy) is 1. The van der Waals surface area contributed by atoms with Crippen molar-refractivity contribution in [1.82, 2.24) is 29.8 Å². The van der Waals surface area contributed by atoms with Crippen molar-refractivity contribution >= 4 is 24.1 Å². The summed E-state index contributed by atoms with van der Waals surface area (Å²) >= 11 is 0. The topological polar surface area (TPSA) is 159 Å². The first-order chi connectivity index (χ1) is 14.8. The number of aryl methyl sites for hydroxylation is 2. The molecule has 1 saturated heterocycles. The van der Waals surface area contributed by atoms with Gasteiger partial charge in [0.05, 0.1) is 12.1 Å². The Morgan fingerprint density at radius 2 is 2.10 bits per heavy atom. The highest BCUT2D eigenvalue weighted by Crippen LogP contribution is 2.17. The van der Waals surface area contributed by atoms with Gasteiger partial charge in [0.25, 0.3) is 12.2 Å². The van der Waals surface area contributed by atoms with E-state index in [4.69, 9.17) is 14.6 Å². The van der Waals surface area contributed by atoms with Gasteiger partial charge in [0.15, 0.2) is 0 Å². The summed E-state index contributed by atoms with van der Waals surface area (Å²) < 4.78 is 6.47. The van der Waals surface area contributed by atoms with Crippen molar-refractivity contribution in [3.8, 4) is 0 Å². The SMILES string of the molecule is COCC(=O)N[C@@H]1CN(C(=O)CCc2c(C)nc3ncnn3c2C)CC[C@@H]1O.O=CO. The number of carbonyl (C=O) groups is 3. The van der Waals surface area contributed by atoms with Gasteiger partial charge in [-0.1, -0.05) is 0 Å². The molecule has 12 nitrogen and oxygen atoms in total. The lowest BCUT2D eigenvalue weighted by Crippen LogP contribution is -2.56. The van der Waals surface area contributed by atoms with Crippen LogP contribution in [0, 0.1) is 13.8 Å². The predicted octanol–water partition coefficient (Wildman–Crippen LogP) is -0.901. The van der Waals surface area contributed by atoms with E-state index < -0.39 is 12.1 Å². The molecule has 0 unspecified atom stereocenters. The highest BCUT2D eigenvalue weighted by molar-refractivity contribution is 5.78. The molecule has 2 atom stereocenters. The van der Waals surface area contributed by atoms with Crippen LogP contribution in [0.4, 0.5) is 0 Å². The first-order valence-corrected chi connectivity index (χ1v) is 9.80. The maximum Gasteiger partial charge on any atom is 0.290 e. The molecular formula is C19H28N6O6. The Bertz CT molecular complexity index is 917. The second-order valence-corrected chi connectivity index (χ2v) is 7.14. The van der Waals surface area contributed by atoms with Crippen LogP contribution >= 0.6 is 0 Å². The molecule has 0 saturated carbocycles. The summed E-state index contributed by atoms with van der Waals surface area (Å²) in [6.07, 6.45) is 2.07. The number of aromatic nitrogens is 4. The van der Waals surface area contributed by atoms with Crippen LogP contribution < -0.4 is 5.32 Å². The van der Waals surface area contributed by atoms with Gasteiger partial charge in [0, 0.05) is 38.0 Å². The summed E-state index contributed by atoms with van der Waals surface area (Å²) in [5, 5.41) is 23.9. The Labute approximate surface area is 179 Å². The van der Waals surface area contributed by atoms with Crippen LogP contribution in [0.1, 0.15) is 29.8 Å². The van der Waals surface area contributed by atoms with E-state index in [0.717, 1.165) is 17.0 Å². The lowest BCUT2D eigenvalue weighted by atomic mass is 10.0. The van der Waals surface area contributed by atoms with Gasteiger partial charge in [0.1, 0.15) is 12.9 Å². The van der Waals surface area contributed by atoms with Crippen LogP contribution in [0.25, 0.3) is 5.78 Å². The van der Waals surface area contributed by atoms with Crippen LogP contribution in [0.15, 0.2) is 6.33 Å². The minimum absolute atomic E-state index is 0.0182. The molecule has 1 fully saturated rings. The fourth-order valence-electron chi connectivity index (χ4n) is 3.59. The molecule has 3 N–H and O–H groups in total. The number of carboxylic acid groups (broad SMARTS) is 1.